The lowest BCUT2D eigenvalue weighted by Gasteiger charge is -2.32. The van der Waals surface area contributed by atoms with Crippen molar-refractivity contribution in [3.63, 3.8) is 0 Å². The van der Waals surface area contributed by atoms with Crippen LogP contribution in [0.4, 0.5) is 5.69 Å². The standard InChI is InChI=1S/C13H23N5O2/c1-15-13(20)10-3-2-4-17(6-10)8-12(19)9-18-7-11(14)5-16-18/h5,7,10,12,19H,2-4,6,8-9,14H2,1H3,(H,15,20). The first kappa shape index (κ1) is 14.8. The van der Waals surface area contributed by atoms with Crippen molar-refractivity contribution in [2.75, 3.05) is 32.4 Å². The summed E-state index contributed by atoms with van der Waals surface area (Å²) in [5.41, 5.74) is 6.18. The maximum atomic E-state index is 11.7. The van der Waals surface area contributed by atoms with Crippen molar-refractivity contribution in [2.24, 2.45) is 5.92 Å². The van der Waals surface area contributed by atoms with Crippen molar-refractivity contribution in [2.45, 2.75) is 25.5 Å². The average molecular weight is 281 g/mol. The second-order valence-corrected chi connectivity index (χ2v) is 5.36. The lowest BCUT2D eigenvalue weighted by molar-refractivity contribution is -0.126. The molecule has 7 heteroatoms. The van der Waals surface area contributed by atoms with Crippen LogP contribution in [0.25, 0.3) is 0 Å². The number of nitrogens with two attached hydrogens (primary N) is 1. The molecule has 0 bridgehead atoms. The Bertz CT molecular complexity index is 448. The van der Waals surface area contributed by atoms with E-state index < -0.39 is 6.10 Å². The monoisotopic (exact) mass is 281 g/mol. The van der Waals surface area contributed by atoms with Gasteiger partial charge in [0.1, 0.15) is 0 Å². The molecule has 0 spiro atoms. The van der Waals surface area contributed by atoms with Crippen molar-refractivity contribution >= 4 is 11.6 Å². The van der Waals surface area contributed by atoms with E-state index in [9.17, 15) is 9.90 Å². The van der Waals surface area contributed by atoms with Crippen LogP contribution in [0.2, 0.25) is 0 Å². The molecule has 1 saturated heterocycles. The zero-order valence-corrected chi connectivity index (χ0v) is 11.8. The molecule has 0 saturated carbocycles. The molecule has 2 heterocycles. The third-order valence-corrected chi connectivity index (χ3v) is 3.64. The third-order valence-electron chi connectivity index (χ3n) is 3.64. The fraction of sp³-hybridized carbons (Fsp3) is 0.692. The number of aromatic nitrogens is 2. The van der Waals surface area contributed by atoms with Gasteiger partial charge in [0.25, 0.3) is 0 Å². The number of nitrogen functional groups attached to an aromatic ring is 1. The molecule has 1 aliphatic rings. The number of hydrogen-bond acceptors (Lipinski definition) is 5. The Kier molecular flexibility index (Phi) is 4.97. The maximum absolute atomic E-state index is 11.7. The van der Waals surface area contributed by atoms with Crippen LogP contribution in [0, 0.1) is 5.92 Å². The minimum Gasteiger partial charge on any atom is -0.396 e. The number of amides is 1. The predicted octanol–water partition coefficient (Wildman–Crippen LogP) is -0.716. The molecular formula is C13H23N5O2. The summed E-state index contributed by atoms with van der Waals surface area (Å²) in [4.78, 5) is 13.8. The molecule has 2 atom stereocenters. The van der Waals surface area contributed by atoms with Crippen molar-refractivity contribution in [3.05, 3.63) is 12.4 Å². The van der Waals surface area contributed by atoms with E-state index in [2.05, 4.69) is 15.3 Å². The number of piperidine rings is 1. The van der Waals surface area contributed by atoms with Crippen molar-refractivity contribution in [1.29, 1.82) is 0 Å². The lowest BCUT2D eigenvalue weighted by atomic mass is 9.97. The van der Waals surface area contributed by atoms with Gasteiger partial charge < -0.3 is 16.2 Å². The number of anilines is 1. The van der Waals surface area contributed by atoms with Crippen LogP contribution in [0.3, 0.4) is 0 Å². The minimum absolute atomic E-state index is 0.0290. The second-order valence-electron chi connectivity index (χ2n) is 5.36. The molecule has 0 aliphatic carbocycles. The van der Waals surface area contributed by atoms with Gasteiger partial charge in [0.2, 0.25) is 5.91 Å². The first-order valence-electron chi connectivity index (χ1n) is 6.98. The van der Waals surface area contributed by atoms with Crippen LogP contribution in [0.5, 0.6) is 0 Å². The first-order chi connectivity index (χ1) is 9.58. The van der Waals surface area contributed by atoms with Gasteiger partial charge in [-0.15, -0.1) is 0 Å². The highest BCUT2D eigenvalue weighted by Gasteiger charge is 2.26. The van der Waals surface area contributed by atoms with Gasteiger partial charge in [0, 0.05) is 26.3 Å². The number of aliphatic hydroxyl groups is 1. The van der Waals surface area contributed by atoms with Crippen LogP contribution < -0.4 is 11.1 Å². The van der Waals surface area contributed by atoms with Gasteiger partial charge in [-0.1, -0.05) is 0 Å². The smallest absolute Gasteiger partial charge is 0.224 e. The summed E-state index contributed by atoms with van der Waals surface area (Å²) in [6.07, 6.45) is 4.65. The van der Waals surface area contributed by atoms with E-state index in [0.717, 1.165) is 19.4 Å². The van der Waals surface area contributed by atoms with Gasteiger partial charge >= 0.3 is 0 Å². The van der Waals surface area contributed by atoms with E-state index in [1.165, 1.54) is 0 Å². The van der Waals surface area contributed by atoms with E-state index in [-0.39, 0.29) is 11.8 Å². The highest BCUT2D eigenvalue weighted by molar-refractivity contribution is 5.78. The minimum atomic E-state index is -0.516. The largest absolute Gasteiger partial charge is 0.396 e. The summed E-state index contributed by atoms with van der Waals surface area (Å²) in [6, 6.07) is 0. The Hall–Kier alpha value is -1.60. The SMILES string of the molecule is CNC(=O)C1CCCN(CC(O)Cn2cc(N)cn2)C1. The number of rotatable bonds is 5. The fourth-order valence-corrected chi connectivity index (χ4v) is 2.69. The number of carbonyl (C=O) groups excluding carboxylic acids is 1. The zero-order valence-electron chi connectivity index (χ0n) is 11.8. The number of β-amino-alcohol motifs (C(OH)–C–C–N with tert-alkyl or cyclic N) is 1. The van der Waals surface area contributed by atoms with Crippen molar-refractivity contribution < 1.29 is 9.90 Å². The first-order valence-corrected chi connectivity index (χ1v) is 6.98. The summed E-state index contributed by atoms with van der Waals surface area (Å²) >= 11 is 0. The maximum Gasteiger partial charge on any atom is 0.224 e. The molecule has 112 valence electrons. The predicted molar refractivity (Wildman–Crippen MR) is 75.9 cm³/mol. The quantitative estimate of drug-likeness (QED) is 0.662. The molecule has 1 aliphatic heterocycles. The summed E-state index contributed by atoms with van der Waals surface area (Å²) in [5, 5.41) is 16.9. The molecule has 1 fully saturated rings. The number of hydrogen-bond donors (Lipinski definition) is 3. The molecular weight excluding hydrogens is 258 g/mol. The van der Waals surface area contributed by atoms with Gasteiger partial charge in [0.05, 0.1) is 30.5 Å². The Morgan fingerprint density at radius 2 is 2.45 bits per heavy atom. The van der Waals surface area contributed by atoms with E-state index in [1.54, 1.807) is 24.1 Å². The van der Waals surface area contributed by atoms with Gasteiger partial charge in [-0.25, -0.2) is 0 Å². The summed E-state index contributed by atoms with van der Waals surface area (Å²) < 4.78 is 1.64. The fourth-order valence-electron chi connectivity index (χ4n) is 2.69. The van der Waals surface area contributed by atoms with Gasteiger partial charge in [-0.2, -0.15) is 5.10 Å². The topological polar surface area (TPSA) is 96.4 Å². The van der Waals surface area contributed by atoms with E-state index in [0.29, 0.717) is 25.3 Å². The van der Waals surface area contributed by atoms with E-state index in [1.807, 2.05) is 0 Å². The molecule has 2 rings (SSSR count). The molecule has 0 aromatic carbocycles. The van der Waals surface area contributed by atoms with Crippen molar-refractivity contribution in [1.82, 2.24) is 20.0 Å². The average Bonchev–Trinajstić information content (AvgIpc) is 2.83. The Morgan fingerprint density at radius 3 is 3.10 bits per heavy atom. The highest BCUT2D eigenvalue weighted by atomic mass is 16.3. The van der Waals surface area contributed by atoms with Gasteiger partial charge in [-0.3, -0.25) is 14.4 Å². The van der Waals surface area contributed by atoms with Crippen LogP contribution in [0.15, 0.2) is 12.4 Å². The number of nitrogens with one attached hydrogen (secondary N) is 1. The summed E-state index contributed by atoms with van der Waals surface area (Å²) in [7, 11) is 1.66. The third kappa shape index (κ3) is 3.94. The molecule has 1 aromatic rings. The molecule has 0 radical (unpaired) electrons. The second kappa shape index (κ2) is 6.71. The van der Waals surface area contributed by atoms with Crippen molar-refractivity contribution in [3.8, 4) is 0 Å². The summed E-state index contributed by atoms with van der Waals surface area (Å²) in [5.74, 6) is 0.116. The highest BCUT2D eigenvalue weighted by Crippen LogP contribution is 2.17. The number of aliphatic hydroxyl groups excluding tert-OH is 1. The van der Waals surface area contributed by atoms with Gasteiger partial charge in [0.15, 0.2) is 0 Å². The zero-order chi connectivity index (χ0) is 14.5. The Labute approximate surface area is 118 Å². The molecule has 7 nitrogen and oxygen atoms in total. The Balaban J connectivity index is 1.81. The van der Waals surface area contributed by atoms with E-state index >= 15 is 0 Å². The molecule has 20 heavy (non-hydrogen) atoms. The molecule has 4 N–H and O–H groups in total. The number of nitrogens with zero attached hydrogens (tertiary/aromatic N) is 3. The van der Waals surface area contributed by atoms with Gasteiger partial charge in [-0.05, 0) is 19.4 Å². The van der Waals surface area contributed by atoms with Crippen LogP contribution in [-0.4, -0.2) is 58.5 Å². The molecule has 2 unspecified atom stereocenters. The lowest BCUT2D eigenvalue weighted by Crippen LogP contribution is -2.45. The molecule has 1 amide bonds. The number of carbonyl (C=O) groups is 1. The normalized spacial score (nSPS) is 21.6. The van der Waals surface area contributed by atoms with Crippen LogP contribution >= 0.6 is 0 Å². The number of likely N-dealkylation sites (tertiary alicyclic amines) is 1. The van der Waals surface area contributed by atoms with Crippen LogP contribution in [-0.2, 0) is 11.3 Å². The van der Waals surface area contributed by atoms with E-state index in [4.69, 9.17) is 5.73 Å². The molecule has 1 aromatic heterocycles. The van der Waals surface area contributed by atoms with Crippen LogP contribution in [0.1, 0.15) is 12.8 Å². The Morgan fingerprint density at radius 1 is 1.65 bits per heavy atom. The summed E-state index contributed by atoms with van der Waals surface area (Å²) in [6.45, 7) is 2.59.